The standard InChI is InChI=1S/C15H17IN2O/c1-4-18-10(2)8-14(11(18)3)15(19)17-13-7-5-6-12(16)9-13/h5-9H,4H2,1-3H3,(H,17,19). The van der Waals surface area contributed by atoms with Crippen LogP contribution in [0.5, 0.6) is 0 Å². The number of carbonyl (C=O) groups excluding carboxylic acids is 1. The van der Waals surface area contributed by atoms with Gasteiger partial charge in [-0.25, -0.2) is 0 Å². The Kier molecular flexibility index (Phi) is 4.29. The molecule has 0 saturated carbocycles. The lowest BCUT2D eigenvalue weighted by molar-refractivity contribution is 0.102. The van der Waals surface area contributed by atoms with Crippen molar-refractivity contribution in [1.29, 1.82) is 0 Å². The Bertz CT molecular complexity index is 617. The van der Waals surface area contributed by atoms with Gasteiger partial charge < -0.3 is 9.88 Å². The van der Waals surface area contributed by atoms with Gasteiger partial charge in [-0.3, -0.25) is 4.79 Å². The lowest BCUT2D eigenvalue weighted by atomic mass is 10.2. The van der Waals surface area contributed by atoms with Gasteiger partial charge in [0.25, 0.3) is 5.91 Å². The van der Waals surface area contributed by atoms with Gasteiger partial charge in [0, 0.05) is 27.2 Å². The van der Waals surface area contributed by atoms with Crippen LogP contribution in [0.25, 0.3) is 0 Å². The third kappa shape index (κ3) is 3.00. The molecular formula is C15H17IN2O. The number of nitrogens with one attached hydrogen (secondary N) is 1. The zero-order valence-electron chi connectivity index (χ0n) is 11.3. The smallest absolute Gasteiger partial charge is 0.257 e. The molecular weight excluding hydrogens is 351 g/mol. The molecule has 100 valence electrons. The van der Waals surface area contributed by atoms with Crippen molar-refractivity contribution < 1.29 is 4.79 Å². The van der Waals surface area contributed by atoms with E-state index < -0.39 is 0 Å². The first-order valence-electron chi connectivity index (χ1n) is 6.26. The molecule has 2 rings (SSSR count). The van der Waals surface area contributed by atoms with Crippen LogP contribution in [0.1, 0.15) is 28.7 Å². The predicted octanol–water partition coefficient (Wildman–Crippen LogP) is 3.98. The van der Waals surface area contributed by atoms with E-state index in [4.69, 9.17) is 0 Å². The zero-order chi connectivity index (χ0) is 14.0. The first-order valence-corrected chi connectivity index (χ1v) is 7.34. The molecule has 0 atom stereocenters. The highest BCUT2D eigenvalue weighted by atomic mass is 127. The summed E-state index contributed by atoms with van der Waals surface area (Å²) in [4.78, 5) is 12.3. The first kappa shape index (κ1) is 14.1. The lowest BCUT2D eigenvalue weighted by Gasteiger charge is -2.07. The van der Waals surface area contributed by atoms with E-state index in [-0.39, 0.29) is 5.91 Å². The van der Waals surface area contributed by atoms with Crippen LogP contribution in [-0.2, 0) is 6.54 Å². The number of hydrogen-bond acceptors (Lipinski definition) is 1. The molecule has 0 unspecified atom stereocenters. The fourth-order valence-corrected chi connectivity index (χ4v) is 2.83. The number of halogens is 1. The van der Waals surface area contributed by atoms with Crippen molar-refractivity contribution in [2.45, 2.75) is 27.3 Å². The molecule has 0 aliphatic carbocycles. The molecule has 0 radical (unpaired) electrons. The number of amides is 1. The molecule has 0 bridgehead atoms. The summed E-state index contributed by atoms with van der Waals surface area (Å²) >= 11 is 2.23. The van der Waals surface area contributed by atoms with Crippen LogP contribution < -0.4 is 5.32 Å². The SMILES string of the molecule is CCn1c(C)cc(C(=O)Nc2cccc(I)c2)c1C. The second kappa shape index (κ2) is 5.77. The maximum Gasteiger partial charge on any atom is 0.257 e. The van der Waals surface area contributed by atoms with Gasteiger partial charge in [0.2, 0.25) is 0 Å². The number of aryl methyl sites for hydroxylation is 1. The molecule has 1 aromatic heterocycles. The molecule has 1 amide bonds. The van der Waals surface area contributed by atoms with Gasteiger partial charge in [0.1, 0.15) is 0 Å². The highest BCUT2D eigenvalue weighted by molar-refractivity contribution is 14.1. The summed E-state index contributed by atoms with van der Waals surface area (Å²) in [5, 5.41) is 2.95. The largest absolute Gasteiger partial charge is 0.349 e. The van der Waals surface area contributed by atoms with Crippen molar-refractivity contribution in [1.82, 2.24) is 4.57 Å². The number of carbonyl (C=O) groups is 1. The van der Waals surface area contributed by atoms with E-state index in [1.807, 2.05) is 44.2 Å². The Morgan fingerprint density at radius 3 is 2.63 bits per heavy atom. The van der Waals surface area contributed by atoms with E-state index in [9.17, 15) is 4.79 Å². The quantitative estimate of drug-likeness (QED) is 0.817. The minimum absolute atomic E-state index is 0.0465. The summed E-state index contributed by atoms with van der Waals surface area (Å²) in [6.45, 7) is 6.98. The average molecular weight is 368 g/mol. The summed E-state index contributed by atoms with van der Waals surface area (Å²) in [6, 6.07) is 9.74. The number of hydrogen-bond donors (Lipinski definition) is 1. The third-order valence-corrected chi connectivity index (χ3v) is 3.89. The van der Waals surface area contributed by atoms with Crippen LogP contribution in [0.4, 0.5) is 5.69 Å². The molecule has 0 fully saturated rings. The van der Waals surface area contributed by atoms with Gasteiger partial charge in [-0.15, -0.1) is 0 Å². The Labute approximate surface area is 127 Å². The van der Waals surface area contributed by atoms with Crippen molar-refractivity contribution in [2.75, 3.05) is 5.32 Å². The summed E-state index contributed by atoms with van der Waals surface area (Å²) in [5.74, 6) is -0.0465. The number of rotatable bonds is 3. The molecule has 1 heterocycles. The van der Waals surface area contributed by atoms with Gasteiger partial charge in [-0.1, -0.05) is 6.07 Å². The molecule has 0 aliphatic heterocycles. The van der Waals surface area contributed by atoms with Gasteiger partial charge in [-0.2, -0.15) is 0 Å². The molecule has 0 aliphatic rings. The van der Waals surface area contributed by atoms with Gasteiger partial charge in [0.05, 0.1) is 5.56 Å². The van der Waals surface area contributed by atoms with Crippen LogP contribution in [0.2, 0.25) is 0 Å². The van der Waals surface area contributed by atoms with E-state index in [1.54, 1.807) is 0 Å². The molecule has 2 aromatic rings. The summed E-state index contributed by atoms with van der Waals surface area (Å²) in [6.07, 6.45) is 0. The molecule has 0 spiro atoms. The molecule has 1 aromatic carbocycles. The Morgan fingerprint density at radius 1 is 1.32 bits per heavy atom. The topological polar surface area (TPSA) is 34.0 Å². The molecule has 1 N–H and O–H groups in total. The van der Waals surface area contributed by atoms with E-state index in [2.05, 4.69) is 39.4 Å². The van der Waals surface area contributed by atoms with Crippen molar-refractivity contribution in [3.8, 4) is 0 Å². The van der Waals surface area contributed by atoms with E-state index in [0.717, 1.165) is 32.8 Å². The van der Waals surface area contributed by atoms with E-state index in [1.165, 1.54) is 0 Å². The maximum atomic E-state index is 12.3. The minimum atomic E-state index is -0.0465. The Hall–Kier alpha value is -1.30. The zero-order valence-corrected chi connectivity index (χ0v) is 13.5. The Balaban J connectivity index is 2.26. The number of aromatic nitrogens is 1. The third-order valence-electron chi connectivity index (χ3n) is 3.22. The fraction of sp³-hybridized carbons (Fsp3) is 0.267. The van der Waals surface area contributed by atoms with Crippen molar-refractivity contribution in [3.63, 3.8) is 0 Å². The van der Waals surface area contributed by atoms with Crippen molar-refractivity contribution >= 4 is 34.2 Å². The lowest BCUT2D eigenvalue weighted by Crippen LogP contribution is -2.13. The summed E-state index contributed by atoms with van der Waals surface area (Å²) in [5.41, 5.74) is 3.72. The number of benzene rings is 1. The van der Waals surface area contributed by atoms with Crippen molar-refractivity contribution in [3.05, 3.63) is 50.9 Å². The molecule has 3 nitrogen and oxygen atoms in total. The van der Waals surface area contributed by atoms with Crippen LogP contribution in [0.15, 0.2) is 30.3 Å². The van der Waals surface area contributed by atoms with Gasteiger partial charge in [-0.05, 0) is 67.6 Å². The summed E-state index contributed by atoms with van der Waals surface area (Å²) < 4.78 is 3.25. The second-order valence-electron chi connectivity index (χ2n) is 4.49. The highest BCUT2D eigenvalue weighted by Gasteiger charge is 2.14. The maximum absolute atomic E-state index is 12.3. The highest BCUT2D eigenvalue weighted by Crippen LogP contribution is 2.18. The monoisotopic (exact) mass is 368 g/mol. The van der Waals surface area contributed by atoms with Crippen LogP contribution in [0.3, 0.4) is 0 Å². The Morgan fingerprint density at radius 2 is 2.05 bits per heavy atom. The molecule has 0 saturated heterocycles. The number of anilines is 1. The van der Waals surface area contributed by atoms with E-state index in [0.29, 0.717) is 0 Å². The minimum Gasteiger partial charge on any atom is -0.349 e. The fourth-order valence-electron chi connectivity index (χ4n) is 2.28. The first-order chi connectivity index (χ1) is 9.02. The number of nitrogens with zero attached hydrogens (tertiary/aromatic N) is 1. The second-order valence-corrected chi connectivity index (χ2v) is 5.74. The van der Waals surface area contributed by atoms with Crippen LogP contribution in [0, 0.1) is 17.4 Å². The van der Waals surface area contributed by atoms with Gasteiger partial charge >= 0.3 is 0 Å². The average Bonchev–Trinajstić information content (AvgIpc) is 2.64. The molecule has 19 heavy (non-hydrogen) atoms. The molecule has 4 heteroatoms. The van der Waals surface area contributed by atoms with Crippen LogP contribution in [-0.4, -0.2) is 10.5 Å². The van der Waals surface area contributed by atoms with Crippen LogP contribution >= 0.6 is 22.6 Å². The van der Waals surface area contributed by atoms with Crippen molar-refractivity contribution in [2.24, 2.45) is 0 Å². The normalized spacial score (nSPS) is 10.5. The summed E-state index contributed by atoms with van der Waals surface area (Å²) in [7, 11) is 0. The van der Waals surface area contributed by atoms with Gasteiger partial charge in [0.15, 0.2) is 0 Å². The predicted molar refractivity (Wildman–Crippen MR) is 86.7 cm³/mol. The van der Waals surface area contributed by atoms with E-state index >= 15 is 0 Å².